The highest BCUT2D eigenvalue weighted by Gasteiger charge is 2.30. The van der Waals surface area contributed by atoms with Gasteiger partial charge in [0.25, 0.3) is 11.6 Å². The van der Waals surface area contributed by atoms with Crippen LogP contribution in [0.2, 0.25) is 5.02 Å². The summed E-state index contributed by atoms with van der Waals surface area (Å²) in [6.07, 6.45) is 0. The second-order valence-corrected chi connectivity index (χ2v) is 6.59. The van der Waals surface area contributed by atoms with Gasteiger partial charge in [0.05, 0.1) is 28.7 Å². The number of hydrogen-bond acceptors (Lipinski definition) is 8. The van der Waals surface area contributed by atoms with Crippen LogP contribution in [0.25, 0.3) is 0 Å². The van der Waals surface area contributed by atoms with Crippen LogP contribution in [0, 0.1) is 27.2 Å². The fourth-order valence-corrected chi connectivity index (χ4v) is 2.88. The van der Waals surface area contributed by atoms with Crippen LogP contribution < -0.4 is 14.8 Å². The molecular weight excluding hydrogens is 434 g/mol. The molecule has 1 heterocycles. The lowest BCUT2D eigenvalue weighted by Gasteiger charge is -2.11. The zero-order chi connectivity index (χ0) is 22.7. The summed E-state index contributed by atoms with van der Waals surface area (Å²) in [5, 5.41) is 31.2. The number of aromatic nitrogens is 2. The van der Waals surface area contributed by atoms with E-state index in [9.17, 15) is 25.0 Å². The zero-order valence-electron chi connectivity index (χ0n) is 16.0. The molecule has 0 aliphatic heterocycles. The molecule has 1 amide bonds. The summed E-state index contributed by atoms with van der Waals surface area (Å²) >= 11 is 5.92. The summed E-state index contributed by atoms with van der Waals surface area (Å²) in [5.41, 5.74) is -0.854. The van der Waals surface area contributed by atoms with Gasteiger partial charge in [-0.15, -0.1) is 5.10 Å². The molecule has 0 saturated heterocycles. The molecule has 2 N–H and O–H groups in total. The second-order valence-electron chi connectivity index (χ2n) is 6.15. The zero-order valence-corrected chi connectivity index (χ0v) is 16.8. The van der Waals surface area contributed by atoms with Crippen LogP contribution in [0.3, 0.4) is 0 Å². The van der Waals surface area contributed by atoms with Crippen molar-refractivity contribution in [1.82, 2.24) is 10.2 Å². The molecule has 160 valence electrons. The molecule has 3 rings (SSSR count). The number of nitro groups is 2. The number of hydrogen-bond donors (Lipinski definition) is 2. The predicted octanol–water partition coefficient (Wildman–Crippen LogP) is 4.24. The average Bonchev–Trinajstić information content (AvgIpc) is 3.14. The number of aromatic amines is 1. The molecule has 3 aromatic rings. The minimum Gasteiger partial charge on any atom is -0.475 e. The highest BCUT2D eigenvalue weighted by atomic mass is 35.5. The fourth-order valence-electron chi connectivity index (χ4n) is 2.66. The van der Waals surface area contributed by atoms with Crippen molar-refractivity contribution in [2.75, 3.05) is 12.4 Å². The molecule has 0 radical (unpaired) electrons. The van der Waals surface area contributed by atoms with Crippen molar-refractivity contribution in [1.29, 1.82) is 0 Å². The van der Waals surface area contributed by atoms with Gasteiger partial charge in [-0.3, -0.25) is 30.1 Å². The molecular formula is C18H14ClN5O7. The molecule has 0 bridgehead atoms. The first-order valence-corrected chi connectivity index (χ1v) is 8.89. The standard InChI is InChI=1S/C18H14ClN5O7/c1-9-5-10(19)3-4-14(9)31-13-7-11(6-12(8-13)23(26)27)20-17(25)15-16(24(28)29)18(30-2)22-21-15/h3-8H,1-2H3,(H,20,25)(H,21,22). The number of nitro benzene ring substituents is 1. The molecule has 0 saturated carbocycles. The van der Waals surface area contributed by atoms with Crippen LogP contribution in [0.1, 0.15) is 16.1 Å². The van der Waals surface area contributed by atoms with Gasteiger partial charge >= 0.3 is 11.6 Å². The molecule has 0 fully saturated rings. The maximum atomic E-state index is 12.5. The maximum Gasteiger partial charge on any atom is 0.362 e. The van der Waals surface area contributed by atoms with Crippen LogP contribution in [0.15, 0.2) is 36.4 Å². The average molecular weight is 448 g/mol. The van der Waals surface area contributed by atoms with Gasteiger partial charge in [-0.05, 0) is 30.7 Å². The minimum atomic E-state index is -0.948. The third-order valence-corrected chi connectivity index (χ3v) is 4.27. The van der Waals surface area contributed by atoms with E-state index < -0.39 is 27.1 Å². The van der Waals surface area contributed by atoms with E-state index >= 15 is 0 Å². The van der Waals surface area contributed by atoms with Crippen LogP contribution in [-0.2, 0) is 0 Å². The van der Waals surface area contributed by atoms with Gasteiger partial charge in [-0.2, -0.15) is 0 Å². The number of H-pyrrole nitrogens is 1. The van der Waals surface area contributed by atoms with Gasteiger partial charge in [0.15, 0.2) is 0 Å². The van der Waals surface area contributed by atoms with Crippen LogP contribution in [-0.4, -0.2) is 33.1 Å². The van der Waals surface area contributed by atoms with E-state index in [0.717, 1.165) is 13.2 Å². The summed E-state index contributed by atoms with van der Waals surface area (Å²) < 4.78 is 10.5. The molecule has 0 unspecified atom stereocenters. The number of nitrogens with one attached hydrogen (secondary N) is 2. The lowest BCUT2D eigenvalue weighted by Crippen LogP contribution is -2.14. The number of benzene rings is 2. The van der Waals surface area contributed by atoms with Crippen molar-refractivity contribution in [3.8, 4) is 17.4 Å². The summed E-state index contributed by atoms with van der Waals surface area (Å²) in [6.45, 7) is 1.74. The van der Waals surface area contributed by atoms with Crippen LogP contribution in [0.5, 0.6) is 17.4 Å². The number of nitrogens with zero attached hydrogens (tertiary/aromatic N) is 3. The van der Waals surface area contributed by atoms with Crippen LogP contribution in [0.4, 0.5) is 17.1 Å². The Morgan fingerprint density at radius 2 is 1.90 bits per heavy atom. The summed E-state index contributed by atoms with van der Waals surface area (Å²) in [6, 6.07) is 8.42. The summed E-state index contributed by atoms with van der Waals surface area (Å²) in [5.74, 6) is -0.865. The third kappa shape index (κ3) is 4.70. The molecule has 12 nitrogen and oxygen atoms in total. The van der Waals surface area contributed by atoms with Crippen LogP contribution >= 0.6 is 11.6 Å². The van der Waals surface area contributed by atoms with E-state index in [1.54, 1.807) is 25.1 Å². The van der Waals surface area contributed by atoms with Crippen molar-refractivity contribution in [2.24, 2.45) is 0 Å². The molecule has 1 aromatic heterocycles. The number of rotatable bonds is 7. The topological polar surface area (TPSA) is 163 Å². The molecule has 13 heteroatoms. The SMILES string of the molecule is COc1n[nH]c(C(=O)Nc2cc(Oc3ccc(Cl)cc3C)cc([N+](=O)[O-])c2)c1[N+](=O)[O-]. The Morgan fingerprint density at radius 3 is 2.52 bits per heavy atom. The number of amides is 1. The Morgan fingerprint density at radius 1 is 1.16 bits per heavy atom. The maximum absolute atomic E-state index is 12.5. The number of aryl methyl sites for hydroxylation is 1. The van der Waals surface area contributed by atoms with E-state index in [-0.39, 0.29) is 23.0 Å². The first kappa shape index (κ1) is 21.5. The number of ether oxygens (including phenoxy) is 2. The van der Waals surface area contributed by atoms with Gasteiger partial charge in [0, 0.05) is 17.2 Å². The van der Waals surface area contributed by atoms with E-state index in [1.807, 2.05) is 0 Å². The first-order chi connectivity index (χ1) is 14.7. The quantitative estimate of drug-likeness (QED) is 0.401. The Labute approximate surface area is 179 Å². The van der Waals surface area contributed by atoms with Gasteiger partial charge < -0.3 is 14.8 Å². The van der Waals surface area contributed by atoms with Crippen molar-refractivity contribution < 1.29 is 24.1 Å². The molecule has 0 aliphatic rings. The Bertz CT molecular complexity index is 1190. The van der Waals surface area contributed by atoms with Crippen molar-refractivity contribution in [3.63, 3.8) is 0 Å². The smallest absolute Gasteiger partial charge is 0.362 e. The predicted molar refractivity (Wildman–Crippen MR) is 109 cm³/mol. The molecule has 0 atom stereocenters. The molecule has 0 aliphatic carbocycles. The highest BCUT2D eigenvalue weighted by molar-refractivity contribution is 6.30. The van der Waals surface area contributed by atoms with E-state index in [4.69, 9.17) is 21.1 Å². The number of anilines is 1. The summed E-state index contributed by atoms with van der Waals surface area (Å²) in [4.78, 5) is 33.6. The van der Waals surface area contributed by atoms with Gasteiger partial charge in [-0.25, -0.2) is 0 Å². The largest absolute Gasteiger partial charge is 0.475 e. The van der Waals surface area contributed by atoms with Crippen molar-refractivity contribution >= 4 is 34.6 Å². The minimum absolute atomic E-state index is 0.0244. The Balaban J connectivity index is 1.94. The Hall–Kier alpha value is -4.19. The van der Waals surface area contributed by atoms with Crippen molar-refractivity contribution in [2.45, 2.75) is 6.92 Å². The number of methoxy groups -OCH3 is 1. The lowest BCUT2D eigenvalue weighted by molar-refractivity contribution is -0.386. The number of halogens is 1. The first-order valence-electron chi connectivity index (χ1n) is 8.51. The molecule has 31 heavy (non-hydrogen) atoms. The molecule has 0 spiro atoms. The monoisotopic (exact) mass is 447 g/mol. The lowest BCUT2D eigenvalue weighted by atomic mass is 10.2. The van der Waals surface area contributed by atoms with E-state index in [2.05, 4.69) is 15.5 Å². The summed E-state index contributed by atoms with van der Waals surface area (Å²) in [7, 11) is 1.16. The normalized spacial score (nSPS) is 10.4. The van der Waals surface area contributed by atoms with E-state index in [0.29, 0.717) is 16.3 Å². The number of carbonyl (C=O) groups is 1. The van der Waals surface area contributed by atoms with Gasteiger partial charge in [0.1, 0.15) is 11.5 Å². The number of non-ortho nitro benzene ring substituents is 1. The third-order valence-electron chi connectivity index (χ3n) is 4.04. The Kier molecular flexibility index (Phi) is 6.02. The molecule has 2 aromatic carbocycles. The van der Waals surface area contributed by atoms with Gasteiger partial charge in [0.2, 0.25) is 5.69 Å². The number of carbonyl (C=O) groups excluding carboxylic acids is 1. The highest BCUT2D eigenvalue weighted by Crippen LogP contribution is 2.33. The fraction of sp³-hybridized carbons (Fsp3) is 0.111. The van der Waals surface area contributed by atoms with Gasteiger partial charge in [-0.1, -0.05) is 11.6 Å². The van der Waals surface area contributed by atoms with E-state index in [1.165, 1.54) is 12.1 Å². The second kappa shape index (κ2) is 8.67. The van der Waals surface area contributed by atoms with Crippen molar-refractivity contribution in [3.05, 3.63) is 72.9 Å².